The van der Waals surface area contributed by atoms with Crippen LogP contribution in [-0.4, -0.2) is 46.9 Å². The maximum atomic E-state index is 13.1. The van der Waals surface area contributed by atoms with Crippen molar-refractivity contribution < 1.29 is 14.3 Å². The molecule has 4 aromatic rings. The topological polar surface area (TPSA) is 89.8 Å². The van der Waals surface area contributed by atoms with E-state index >= 15 is 0 Å². The highest BCUT2D eigenvalue weighted by molar-refractivity contribution is 6.42. The fourth-order valence-electron chi connectivity index (χ4n) is 3.69. The van der Waals surface area contributed by atoms with Crippen molar-refractivity contribution in [3.05, 3.63) is 76.0 Å². The number of amides is 1. The molecule has 0 saturated heterocycles. The molecule has 174 valence electrons. The molecule has 1 amide bonds. The van der Waals surface area contributed by atoms with Crippen molar-refractivity contribution in [2.45, 2.75) is 6.54 Å². The molecule has 0 radical (unpaired) electrons. The first-order valence-corrected chi connectivity index (χ1v) is 11.5. The van der Waals surface area contributed by atoms with E-state index in [0.717, 1.165) is 22.5 Å². The molecule has 0 spiro atoms. The lowest BCUT2D eigenvalue weighted by molar-refractivity contribution is 0.0932. The largest absolute Gasteiger partial charge is 0.490 e. The fourth-order valence-corrected chi connectivity index (χ4v) is 4.07. The molecule has 0 atom stereocenters. The minimum Gasteiger partial charge on any atom is -0.490 e. The van der Waals surface area contributed by atoms with Gasteiger partial charge in [-0.1, -0.05) is 41.4 Å². The number of nitrogens with zero attached hydrogens (tertiary/aromatic N) is 3. The molecule has 1 aliphatic rings. The Bertz CT molecular complexity index is 1360. The van der Waals surface area contributed by atoms with E-state index in [1.165, 1.54) is 0 Å². The smallest absolute Gasteiger partial charge is 0.255 e. The molecule has 2 aromatic carbocycles. The molecule has 0 aliphatic carbocycles. The Hall–Kier alpha value is -3.33. The highest BCUT2D eigenvalue weighted by Gasteiger charge is 2.17. The maximum absolute atomic E-state index is 13.1. The van der Waals surface area contributed by atoms with Gasteiger partial charge in [0, 0.05) is 24.8 Å². The Morgan fingerprint density at radius 1 is 1.15 bits per heavy atom. The first kappa shape index (κ1) is 22.5. The third kappa shape index (κ3) is 4.65. The minimum absolute atomic E-state index is 0.232. The van der Waals surface area contributed by atoms with Crippen LogP contribution in [0.4, 0.5) is 5.82 Å². The number of ether oxygens (including phenoxy) is 2. The van der Waals surface area contributed by atoms with Crippen LogP contribution >= 0.6 is 23.2 Å². The molecule has 0 unspecified atom stereocenters. The first-order chi connectivity index (χ1) is 16.6. The molecule has 2 aromatic heterocycles. The van der Waals surface area contributed by atoms with Crippen LogP contribution in [0.5, 0.6) is 5.75 Å². The molecule has 0 saturated carbocycles. The van der Waals surface area contributed by atoms with Crippen LogP contribution in [0.2, 0.25) is 10.0 Å². The van der Waals surface area contributed by atoms with E-state index in [1.54, 1.807) is 28.9 Å². The van der Waals surface area contributed by atoms with E-state index in [0.29, 0.717) is 53.4 Å². The van der Waals surface area contributed by atoms with Gasteiger partial charge >= 0.3 is 0 Å². The molecule has 1 aliphatic heterocycles. The molecule has 34 heavy (non-hydrogen) atoms. The van der Waals surface area contributed by atoms with Crippen molar-refractivity contribution in [1.82, 2.24) is 19.9 Å². The molecule has 0 fully saturated rings. The first-order valence-electron chi connectivity index (χ1n) is 10.7. The quantitative estimate of drug-likeness (QED) is 0.434. The van der Waals surface area contributed by atoms with Gasteiger partial charge in [-0.3, -0.25) is 4.79 Å². The minimum atomic E-state index is -0.288. The van der Waals surface area contributed by atoms with Crippen LogP contribution in [0.25, 0.3) is 16.8 Å². The summed E-state index contributed by atoms with van der Waals surface area (Å²) in [6.07, 6.45) is 3.60. The lowest BCUT2D eigenvalue weighted by atomic mass is 10.0. The normalized spacial score (nSPS) is 13.7. The summed E-state index contributed by atoms with van der Waals surface area (Å²) in [7, 11) is 0. The molecule has 3 heterocycles. The molecule has 2 N–H and O–H groups in total. The van der Waals surface area contributed by atoms with Gasteiger partial charge in [0.1, 0.15) is 18.2 Å². The van der Waals surface area contributed by atoms with Crippen molar-refractivity contribution in [3.63, 3.8) is 0 Å². The Balaban J connectivity index is 1.47. The van der Waals surface area contributed by atoms with Gasteiger partial charge in [0.05, 0.1) is 35.0 Å². The number of fused-ring (bicyclic) bond motifs is 4. The van der Waals surface area contributed by atoms with E-state index in [1.807, 2.05) is 30.5 Å². The molecular formula is C24H21Cl2N5O3. The standard InChI is InChI=1S/C24H21Cl2N5O3/c25-19-3-1-2-16(22(19)26)13-28-24(32)17-5-4-15-12-20(17)34-11-10-33-9-7-27-21-6-8-31-23(30-21)18(15)14-29-31/h1-6,8,12,14H,7,9-11,13H2,(H,27,30)(H,28,32). The molecular weight excluding hydrogens is 477 g/mol. The molecule has 8 nitrogen and oxygen atoms in total. The Morgan fingerprint density at radius 3 is 2.97 bits per heavy atom. The van der Waals surface area contributed by atoms with Crippen LogP contribution in [0, 0.1) is 0 Å². The SMILES string of the molecule is O=C(NCc1cccc(Cl)c1Cl)c1ccc2cc1OCCOCCNc1ccn3ncc-2c3n1. The number of nitrogens with one attached hydrogen (secondary N) is 2. The van der Waals surface area contributed by atoms with Gasteiger partial charge in [-0.25, -0.2) is 9.50 Å². The molecule has 4 bridgehead atoms. The van der Waals surface area contributed by atoms with Crippen molar-refractivity contribution in [2.24, 2.45) is 0 Å². The summed E-state index contributed by atoms with van der Waals surface area (Å²) < 4.78 is 13.3. The summed E-state index contributed by atoms with van der Waals surface area (Å²) in [5.41, 5.74) is 3.50. The summed E-state index contributed by atoms with van der Waals surface area (Å²) in [6, 6.07) is 12.6. The molecule has 10 heteroatoms. The number of aromatic nitrogens is 3. The van der Waals surface area contributed by atoms with E-state index in [2.05, 4.69) is 20.7 Å². The van der Waals surface area contributed by atoms with Crippen LogP contribution in [0.1, 0.15) is 15.9 Å². The molecule has 5 rings (SSSR count). The predicted molar refractivity (Wildman–Crippen MR) is 131 cm³/mol. The van der Waals surface area contributed by atoms with Gasteiger partial charge in [0.15, 0.2) is 5.65 Å². The van der Waals surface area contributed by atoms with E-state index < -0.39 is 0 Å². The highest BCUT2D eigenvalue weighted by atomic mass is 35.5. The van der Waals surface area contributed by atoms with Crippen molar-refractivity contribution in [1.29, 1.82) is 0 Å². The fraction of sp³-hybridized carbons (Fsp3) is 0.208. The number of rotatable bonds is 3. The zero-order valence-corrected chi connectivity index (χ0v) is 19.6. The Labute approximate surface area is 205 Å². The van der Waals surface area contributed by atoms with Crippen molar-refractivity contribution in [2.75, 3.05) is 31.7 Å². The second kappa shape index (κ2) is 9.89. The second-order valence-corrected chi connectivity index (χ2v) is 8.42. The van der Waals surface area contributed by atoms with Crippen molar-refractivity contribution >= 4 is 40.6 Å². The Kier molecular flexibility index (Phi) is 6.53. The third-order valence-corrected chi connectivity index (χ3v) is 6.27. The van der Waals surface area contributed by atoms with Crippen LogP contribution in [0.15, 0.2) is 54.9 Å². The number of hydrogen-bond donors (Lipinski definition) is 2. The van der Waals surface area contributed by atoms with Gasteiger partial charge in [-0.15, -0.1) is 0 Å². The van der Waals surface area contributed by atoms with Crippen molar-refractivity contribution in [3.8, 4) is 16.9 Å². The predicted octanol–water partition coefficient (Wildman–Crippen LogP) is 4.45. The number of carbonyl (C=O) groups is 1. The Morgan fingerprint density at radius 2 is 2.06 bits per heavy atom. The highest BCUT2D eigenvalue weighted by Crippen LogP contribution is 2.31. The average molecular weight is 498 g/mol. The lowest BCUT2D eigenvalue weighted by Crippen LogP contribution is -2.24. The number of hydrogen-bond acceptors (Lipinski definition) is 6. The average Bonchev–Trinajstić information content (AvgIpc) is 3.27. The summed E-state index contributed by atoms with van der Waals surface area (Å²) in [5, 5.41) is 11.4. The summed E-state index contributed by atoms with van der Waals surface area (Å²) in [6.45, 7) is 2.03. The number of anilines is 1. The summed E-state index contributed by atoms with van der Waals surface area (Å²) in [4.78, 5) is 17.7. The number of halogens is 2. The monoisotopic (exact) mass is 497 g/mol. The maximum Gasteiger partial charge on any atom is 0.255 e. The summed E-state index contributed by atoms with van der Waals surface area (Å²) >= 11 is 12.3. The van der Waals surface area contributed by atoms with E-state index in [4.69, 9.17) is 32.7 Å². The van der Waals surface area contributed by atoms with Crippen LogP contribution in [-0.2, 0) is 11.3 Å². The van der Waals surface area contributed by atoms with E-state index in [-0.39, 0.29) is 12.5 Å². The van der Waals surface area contributed by atoms with E-state index in [9.17, 15) is 4.79 Å². The zero-order valence-electron chi connectivity index (χ0n) is 18.1. The van der Waals surface area contributed by atoms with Gasteiger partial charge in [0.25, 0.3) is 5.91 Å². The van der Waals surface area contributed by atoms with Crippen LogP contribution in [0.3, 0.4) is 0 Å². The van der Waals surface area contributed by atoms with Gasteiger partial charge < -0.3 is 20.1 Å². The number of benzene rings is 2. The summed E-state index contributed by atoms with van der Waals surface area (Å²) in [5.74, 6) is 0.896. The number of carbonyl (C=O) groups excluding carboxylic acids is 1. The van der Waals surface area contributed by atoms with Crippen LogP contribution < -0.4 is 15.4 Å². The van der Waals surface area contributed by atoms with Gasteiger partial charge in [0.2, 0.25) is 0 Å². The zero-order chi connectivity index (χ0) is 23.5. The third-order valence-electron chi connectivity index (χ3n) is 5.42. The van der Waals surface area contributed by atoms with Gasteiger partial charge in [-0.2, -0.15) is 5.10 Å². The second-order valence-electron chi connectivity index (χ2n) is 7.63. The lowest BCUT2D eigenvalue weighted by Gasteiger charge is -2.15. The van der Waals surface area contributed by atoms with Gasteiger partial charge in [-0.05, 0) is 35.4 Å².